The maximum Gasteiger partial charge on any atom is 0.143 e. The molecule has 0 fully saturated rings. The van der Waals surface area contributed by atoms with Gasteiger partial charge in [0.15, 0.2) is 0 Å². The van der Waals surface area contributed by atoms with Gasteiger partial charge in [-0.05, 0) is 221 Å². The van der Waals surface area contributed by atoms with Crippen LogP contribution in [0.1, 0.15) is 0 Å². The molecule has 2 aromatic heterocycles. The predicted octanol–water partition coefficient (Wildman–Crippen LogP) is 31.5. The summed E-state index contributed by atoms with van der Waals surface area (Å²) < 4.78 is 13.1. The van der Waals surface area contributed by atoms with E-state index in [1.165, 1.54) is 49.4 Å². The van der Waals surface area contributed by atoms with E-state index in [0.29, 0.717) is 0 Å². The molecule has 540 valence electrons. The average molecular weight is 1470 g/mol. The maximum absolute atomic E-state index is 6.58. The minimum atomic E-state index is 0.882. The molecule has 0 bridgehead atoms. The highest BCUT2D eigenvalue weighted by molar-refractivity contribution is 6.12. The third-order valence-corrected chi connectivity index (χ3v) is 22.7. The van der Waals surface area contributed by atoms with Gasteiger partial charge in [-0.3, -0.25) is 0 Å². The summed E-state index contributed by atoms with van der Waals surface area (Å²) in [4.78, 5) is 7.01. The van der Waals surface area contributed by atoms with Crippen LogP contribution in [-0.2, 0) is 0 Å². The average Bonchev–Trinajstić information content (AvgIpc) is 1.61. The number of rotatable bonds is 17. The van der Waals surface area contributed by atoms with Crippen LogP contribution in [0.2, 0.25) is 0 Å². The van der Waals surface area contributed by atoms with E-state index in [-0.39, 0.29) is 0 Å². The van der Waals surface area contributed by atoms with E-state index in [2.05, 4.69) is 433 Å². The van der Waals surface area contributed by atoms with Crippen molar-refractivity contribution in [1.82, 2.24) is 0 Å². The fraction of sp³-hybridized carbons (Fsp3) is 0. The Kier molecular flexibility index (Phi) is 17.2. The van der Waals surface area contributed by atoms with Crippen LogP contribution in [0.25, 0.3) is 154 Å². The Hall–Kier alpha value is -15.3. The quantitative estimate of drug-likeness (QED) is 0.0908. The molecule has 5 nitrogen and oxygen atoms in total. The Balaban J connectivity index is 0.522. The van der Waals surface area contributed by atoms with Crippen molar-refractivity contribution in [2.24, 2.45) is 0 Å². The van der Waals surface area contributed by atoms with Crippen molar-refractivity contribution in [3.8, 4) is 89.0 Å². The van der Waals surface area contributed by atoms with E-state index in [0.717, 1.165) is 156 Å². The van der Waals surface area contributed by atoms with Gasteiger partial charge in [0.1, 0.15) is 22.3 Å². The van der Waals surface area contributed by atoms with Gasteiger partial charge < -0.3 is 23.5 Å². The highest BCUT2D eigenvalue weighted by Crippen LogP contribution is 2.46. The van der Waals surface area contributed by atoms with Crippen LogP contribution in [0.4, 0.5) is 51.2 Å². The van der Waals surface area contributed by atoms with Crippen LogP contribution in [0.5, 0.6) is 0 Å². The smallest absolute Gasteiger partial charge is 0.143 e. The lowest BCUT2D eigenvalue weighted by Crippen LogP contribution is -2.10. The van der Waals surface area contributed by atoms with Crippen molar-refractivity contribution in [3.63, 3.8) is 0 Å². The maximum atomic E-state index is 6.58. The highest BCUT2D eigenvalue weighted by atomic mass is 16.3. The fourth-order valence-corrected chi connectivity index (χ4v) is 17.0. The molecular weight excluding hydrogens is 1400 g/mol. The zero-order valence-electron chi connectivity index (χ0n) is 62.8. The van der Waals surface area contributed by atoms with E-state index in [1.807, 2.05) is 24.3 Å². The Morgan fingerprint density at radius 1 is 0.139 bits per heavy atom. The predicted molar refractivity (Wildman–Crippen MR) is 484 cm³/mol. The molecule has 0 saturated heterocycles. The monoisotopic (exact) mass is 1470 g/mol. The first kappa shape index (κ1) is 67.8. The molecule has 0 amide bonds. The summed E-state index contributed by atoms with van der Waals surface area (Å²) in [6.45, 7) is 0. The highest BCUT2D eigenvalue weighted by Gasteiger charge is 2.22. The Bertz CT molecular complexity index is 7130. The summed E-state index contributed by atoms with van der Waals surface area (Å²) in [7, 11) is 0. The summed E-state index contributed by atoms with van der Waals surface area (Å²) >= 11 is 0. The lowest BCUT2D eigenvalue weighted by atomic mass is 9.92. The number of hydrogen-bond donors (Lipinski definition) is 0. The molecular formula is C110H73N3O2. The van der Waals surface area contributed by atoms with Crippen molar-refractivity contribution in [1.29, 1.82) is 0 Å². The standard InChI is InChI=1S/C110H73N3O2/c1-3-22-86(23-4-1)111(90-67-55-82(56-68-90)96-30-14-20-80-19-7-8-27-95(80)96)88-61-49-78(50-62-88)79-51-63-89(64-52-79)112(87-24-5-2-6-25-87)91-69-57-83(58-70-91)98-32-16-35-101-97(31-15-36-102(98)101)81-47-45-76(46-48-81)74-41-43-75(44-42-74)77-53-65-92(66-54-77)113(93-71-59-84(60-72-93)99-33-17-37-105-103-28-9-11-39-107(103)114-109(99)105)94-26-13-21-85(73-94)100-34-18-38-106-104-29-10-12-40-108(104)115-110(100)106/h1-73H. The van der Waals surface area contributed by atoms with Gasteiger partial charge in [0, 0.05) is 83.9 Å². The van der Waals surface area contributed by atoms with Crippen molar-refractivity contribution in [3.05, 3.63) is 443 Å². The topological polar surface area (TPSA) is 36.0 Å². The van der Waals surface area contributed by atoms with Gasteiger partial charge in [0.05, 0.1) is 0 Å². The number of furan rings is 2. The zero-order valence-corrected chi connectivity index (χ0v) is 62.8. The molecule has 115 heavy (non-hydrogen) atoms. The molecule has 19 aromatic carbocycles. The normalized spacial score (nSPS) is 11.5. The number of anilines is 9. The molecule has 0 unspecified atom stereocenters. The van der Waals surface area contributed by atoms with Gasteiger partial charge in [0.2, 0.25) is 0 Å². The number of fused-ring (bicyclic) bond motifs is 8. The minimum Gasteiger partial charge on any atom is -0.455 e. The van der Waals surface area contributed by atoms with Crippen molar-refractivity contribution < 1.29 is 8.83 Å². The molecule has 21 aromatic rings. The van der Waals surface area contributed by atoms with E-state index in [4.69, 9.17) is 8.83 Å². The molecule has 0 spiro atoms. The number of nitrogens with zero attached hydrogens (tertiary/aromatic N) is 3. The van der Waals surface area contributed by atoms with E-state index >= 15 is 0 Å². The molecule has 5 heteroatoms. The second kappa shape index (κ2) is 29.2. The number of para-hydroxylation sites is 6. The van der Waals surface area contributed by atoms with Crippen LogP contribution in [-0.4, -0.2) is 0 Å². The Labute approximate surface area is 667 Å². The molecule has 0 radical (unpaired) electrons. The Morgan fingerprint density at radius 3 is 0.791 bits per heavy atom. The van der Waals surface area contributed by atoms with E-state index in [1.54, 1.807) is 0 Å². The van der Waals surface area contributed by atoms with Gasteiger partial charge in [-0.1, -0.05) is 322 Å². The van der Waals surface area contributed by atoms with Crippen LogP contribution >= 0.6 is 0 Å². The first-order valence-electron chi connectivity index (χ1n) is 39.2. The second-order valence-electron chi connectivity index (χ2n) is 29.5. The van der Waals surface area contributed by atoms with Crippen LogP contribution in [0.3, 0.4) is 0 Å². The third-order valence-electron chi connectivity index (χ3n) is 22.7. The molecule has 0 atom stereocenters. The first-order valence-corrected chi connectivity index (χ1v) is 39.2. The van der Waals surface area contributed by atoms with Crippen molar-refractivity contribution in [2.75, 3.05) is 14.7 Å². The molecule has 21 rings (SSSR count). The van der Waals surface area contributed by atoms with Crippen LogP contribution in [0, 0.1) is 0 Å². The summed E-state index contributed by atoms with van der Waals surface area (Å²) in [6, 6.07) is 160. The second-order valence-corrected chi connectivity index (χ2v) is 29.5. The first-order chi connectivity index (χ1) is 57.0. The van der Waals surface area contributed by atoms with Crippen LogP contribution in [0.15, 0.2) is 452 Å². The minimum absolute atomic E-state index is 0.882. The molecule has 0 aliphatic rings. The van der Waals surface area contributed by atoms with Gasteiger partial charge >= 0.3 is 0 Å². The zero-order chi connectivity index (χ0) is 76.1. The number of hydrogen-bond acceptors (Lipinski definition) is 5. The number of benzene rings is 19. The third kappa shape index (κ3) is 12.7. The molecule has 2 heterocycles. The van der Waals surface area contributed by atoms with Crippen molar-refractivity contribution >= 4 is 117 Å². The molecule has 0 aliphatic heterocycles. The molecule has 0 saturated carbocycles. The SMILES string of the molecule is c1ccc(N(c2ccc(-c3ccc(N(c4ccccc4)c4ccc(-c5cccc6c(-c7ccc(-c8ccc(-c9ccc(N(c%10ccc(-c%11cccc%12c%11oc%11ccccc%11%12)cc%10)c%10cccc(-c%11cccc%12c%11oc%11ccccc%11%12)c%10)cc9)cc8)cc7)cccc56)cc4)cc3)cc2)c2ccc(-c3cccc4ccccc34)cc2)cc1. The molecule has 0 aliphatic carbocycles. The fourth-order valence-electron chi connectivity index (χ4n) is 17.0. The van der Waals surface area contributed by atoms with Crippen molar-refractivity contribution in [2.45, 2.75) is 0 Å². The molecule has 0 N–H and O–H groups in total. The van der Waals surface area contributed by atoms with Gasteiger partial charge in [-0.2, -0.15) is 0 Å². The van der Waals surface area contributed by atoms with Gasteiger partial charge in [-0.15, -0.1) is 0 Å². The van der Waals surface area contributed by atoms with Crippen LogP contribution < -0.4 is 14.7 Å². The summed E-state index contributed by atoms with van der Waals surface area (Å²) in [5.41, 5.74) is 31.5. The lowest BCUT2D eigenvalue weighted by molar-refractivity contribution is 0.669. The largest absolute Gasteiger partial charge is 0.455 e. The summed E-state index contributed by atoms with van der Waals surface area (Å²) in [5, 5.41) is 9.37. The van der Waals surface area contributed by atoms with E-state index in [9.17, 15) is 0 Å². The Morgan fingerprint density at radius 2 is 0.383 bits per heavy atom. The summed E-state index contributed by atoms with van der Waals surface area (Å²) in [6.07, 6.45) is 0. The van der Waals surface area contributed by atoms with Gasteiger partial charge in [0.25, 0.3) is 0 Å². The summed E-state index contributed by atoms with van der Waals surface area (Å²) in [5.74, 6) is 0. The van der Waals surface area contributed by atoms with E-state index < -0.39 is 0 Å². The van der Waals surface area contributed by atoms with Gasteiger partial charge in [-0.25, -0.2) is 0 Å². The lowest BCUT2D eigenvalue weighted by Gasteiger charge is -2.26.